The second-order valence-electron chi connectivity index (χ2n) is 4.28. The van der Waals surface area contributed by atoms with Crippen LogP contribution in [-0.4, -0.2) is 33.9 Å². The molecular formula is C12H15N3O. The summed E-state index contributed by atoms with van der Waals surface area (Å²) in [5.74, 6) is 0. The predicted octanol–water partition coefficient (Wildman–Crippen LogP) is 1.30. The van der Waals surface area contributed by atoms with E-state index in [1.165, 1.54) is 5.69 Å². The molecule has 0 aliphatic carbocycles. The number of rotatable bonds is 1. The maximum absolute atomic E-state index is 9.49. The van der Waals surface area contributed by atoms with Crippen LogP contribution in [0.4, 0.5) is 5.69 Å². The minimum atomic E-state index is -0.127. The zero-order chi connectivity index (χ0) is 11.0. The quantitative estimate of drug-likeness (QED) is 0.782. The number of aromatic nitrogens is 2. The van der Waals surface area contributed by atoms with E-state index in [1.54, 1.807) is 0 Å². The Bertz CT molecular complexity index is 486. The molecule has 16 heavy (non-hydrogen) atoms. The van der Waals surface area contributed by atoms with Crippen LogP contribution in [0.25, 0.3) is 5.52 Å². The van der Waals surface area contributed by atoms with E-state index < -0.39 is 0 Å². The molecule has 2 aromatic rings. The van der Waals surface area contributed by atoms with Crippen molar-refractivity contribution in [3.05, 3.63) is 30.6 Å². The van der Waals surface area contributed by atoms with Crippen LogP contribution in [0.2, 0.25) is 0 Å². The molecule has 4 nitrogen and oxygen atoms in total. The lowest BCUT2D eigenvalue weighted by Gasteiger charge is -2.30. The average Bonchev–Trinajstić information content (AvgIpc) is 2.74. The number of nitrogens with zero attached hydrogens (tertiary/aromatic N) is 3. The van der Waals surface area contributed by atoms with Gasteiger partial charge in [-0.3, -0.25) is 0 Å². The first kappa shape index (κ1) is 9.66. The van der Waals surface area contributed by atoms with E-state index in [0.29, 0.717) is 0 Å². The summed E-state index contributed by atoms with van der Waals surface area (Å²) in [6, 6.07) is 6.08. The maximum Gasteiger partial charge on any atom is 0.0895 e. The first-order chi connectivity index (χ1) is 7.84. The summed E-state index contributed by atoms with van der Waals surface area (Å²) >= 11 is 0. The van der Waals surface area contributed by atoms with E-state index in [-0.39, 0.29) is 6.10 Å². The van der Waals surface area contributed by atoms with Crippen molar-refractivity contribution in [2.24, 2.45) is 0 Å². The molecule has 2 aromatic heterocycles. The molecule has 0 aromatic carbocycles. The van der Waals surface area contributed by atoms with Gasteiger partial charge >= 0.3 is 0 Å². The molecule has 0 spiro atoms. The molecule has 0 saturated carbocycles. The predicted molar refractivity (Wildman–Crippen MR) is 62.6 cm³/mol. The first-order valence-corrected chi connectivity index (χ1v) is 5.70. The van der Waals surface area contributed by atoms with E-state index in [1.807, 2.05) is 29.0 Å². The molecule has 0 unspecified atom stereocenters. The van der Waals surface area contributed by atoms with Crippen molar-refractivity contribution in [1.29, 1.82) is 0 Å². The molecule has 4 heteroatoms. The fraction of sp³-hybridized carbons (Fsp3) is 0.417. The Hall–Kier alpha value is -1.55. The lowest BCUT2D eigenvalue weighted by atomic mass is 10.1. The van der Waals surface area contributed by atoms with Crippen LogP contribution >= 0.6 is 0 Å². The van der Waals surface area contributed by atoms with Crippen LogP contribution < -0.4 is 4.90 Å². The van der Waals surface area contributed by atoms with Crippen molar-refractivity contribution in [2.75, 3.05) is 18.0 Å². The molecule has 1 aliphatic heterocycles. The zero-order valence-corrected chi connectivity index (χ0v) is 9.08. The molecule has 1 saturated heterocycles. The number of aliphatic hydroxyl groups is 1. The number of fused-ring (bicyclic) bond motifs is 1. The second kappa shape index (κ2) is 3.79. The summed E-state index contributed by atoms with van der Waals surface area (Å²) in [5.41, 5.74) is 2.31. The van der Waals surface area contributed by atoms with Crippen LogP contribution in [0, 0.1) is 0 Å². The van der Waals surface area contributed by atoms with Gasteiger partial charge in [-0.1, -0.05) is 6.07 Å². The number of aliphatic hydroxyl groups excluding tert-OH is 1. The molecule has 3 rings (SSSR count). The smallest absolute Gasteiger partial charge is 0.0895 e. The minimum Gasteiger partial charge on any atom is -0.393 e. The van der Waals surface area contributed by atoms with E-state index in [0.717, 1.165) is 31.4 Å². The van der Waals surface area contributed by atoms with Gasteiger partial charge in [0, 0.05) is 19.3 Å². The molecule has 1 aliphatic rings. The van der Waals surface area contributed by atoms with Crippen LogP contribution in [0.1, 0.15) is 12.8 Å². The van der Waals surface area contributed by atoms with E-state index in [2.05, 4.69) is 16.1 Å². The Balaban J connectivity index is 1.94. The zero-order valence-electron chi connectivity index (χ0n) is 9.08. The number of hydrogen-bond donors (Lipinski definition) is 1. The third kappa shape index (κ3) is 1.55. The second-order valence-corrected chi connectivity index (χ2v) is 4.28. The van der Waals surface area contributed by atoms with Gasteiger partial charge in [0.15, 0.2) is 0 Å². The molecule has 0 atom stereocenters. The summed E-state index contributed by atoms with van der Waals surface area (Å²) in [5, 5.41) is 13.8. The third-order valence-corrected chi connectivity index (χ3v) is 3.21. The SMILES string of the molecule is OC1CCN(c2cnn3ccccc23)CC1. The molecular weight excluding hydrogens is 202 g/mol. The lowest BCUT2D eigenvalue weighted by Crippen LogP contribution is -2.35. The fourth-order valence-corrected chi connectivity index (χ4v) is 2.27. The molecule has 1 fully saturated rings. The number of piperidine rings is 1. The molecule has 0 radical (unpaired) electrons. The summed E-state index contributed by atoms with van der Waals surface area (Å²) in [6.45, 7) is 1.83. The van der Waals surface area contributed by atoms with Crippen molar-refractivity contribution in [2.45, 2.75) is 18.9 Å². The number of hydrogen-bond acceptors (Lipinski definition) is 3. The Kier molecular flexibility index (Phi) is 2.29. The standard InChI is InChI=1S/C12H15N3O/c16-10-4-7-14(8-5-10)12-9-13-15-6-2-1-3-11(12)15/h1-3,6,9-10,16H,4-5,7-8H2. The third-order valence-electron chi connectivity index (χ3n) is 3.21. The summed E-state index contributed by atoms with van der Waals surface area (Å²) in [7, 11) is 0. The Labute approximate surface area is 94.1 Å². The van der Waals surface area contributed by atoms with Gasteiger partial charge in [-0.2, -0.15) is 5.10 Å². The van der Waals surface area contributed by atoms with Crippen molar-refractivity contribution in [1.82, 2.24) is 9.61 Å². The molecule has 3 heterocycles. The molecule has 84 valence electrons. The summed E-state index contributed by atoms with van der Waals surface area (Å²) in [4.78, 5) is 2.30. The van der Waals surface area contributed by atoms with Crippen LogP contribution in [0.15, 0.2) is 30.6 Å². The Morgan fingerprint density at radius 2 is 2.06 bits per heavy atom. The maximum atomic E-state index is 9.49. The van der Waals surface area contributed by atoms with E-state index in [4.69, 9.17) is 0 Å². The van der Waals surface area contributed by atoms with Gasteiger partial charge in [-0.25, -0.2) is 4.52 Å². The highest BCUT2D eigenvalue weighted by Gasteiger charge is 2.19. The van der Waals surface area contributed by atoms with Crippen molar-refractivity contribution >= 4 is 11.2 Å². The lowest BCUT2D eigenvalue weighted by molar-refractivity contribution is 0.145. The van der Waals surface area contributed by atoms with Gasteiger partial charge in [0.05, 0.1) is 23.5 Å². The monoisotopic (exact) mass is 217 g/mol. The van der Waals surface area contributed by atoms with Gasteiger partial charge in [-0.15, -0.1) is 0 Å². The van der Waals surface area contributed by atoms with E-state index in [9.17, 15) is 5.11 Å². The normalized spacial score (nSPS) is 18.2. The van der Waals surface area contributed by atoms with Gasteiger partial charge in [0.1, 0.15) is 0 Å². The highest BCUT2D eigenvalue weighted by Crippen LogP contribution is 2.24. The average molecular weight is 217 g/mol. The number of anilines is 1. The summed E-state index contributed by atoms with van der Waals surface area (Å²) in [6.07, 6.45) is 5.44. The molecule has 0 bridgehead atoms. The minimum absolute atomic E-state index is 0.127. The topological polar surface area (TPSA) is 40.8 Å². The van der Waals surface area contributed by atoms with Gasteiger partial charge in [0.2, 0.25) is 0 Å². The van der Waals surface area contributed by atoms with Crippen molar-refractivity contribution in [3.8, 4) is 0 Å². The van der Waals surface area contributed by atoms with Gasteiger partial charge < -0.3 is 10.0 Å². The fourth-order valence-electron chi connectivity index (χ4n) is 2.27. The van der Waals surface area contributed by atoms with Gasteiger partial charge in [0.25, 0.3) is 0 Å². The Morgan fingerprint density at radius 3 is 2.88 bits per heavy atom. The molecule has 1 N–H and O–H groups in total. The highest BCUT2D eigenvalue weighted by atomic mass is 16.3. The van der Waals surface area contributed by atoms with Gasteiger partial charge in [-0.05, 0) is 25.0 Å². The van der Waals surface area contributed by atoms with E-state index >= 15 is 0 Å². The summed E-state index contributed by atoms with van der Waals surface area (Å²) < 4.78 is 1.89. The Morgan fingerprint density at radius 1 is 1.25 bits per heavy atom. The van der Waals surface area contributed by atoms with Crippen molar-refractivity contribution in [3.63, 3.8) is 0 Å². The highest BCUT2D eigenvalue weighted by molar-refractivity contribution is 5.72. The molecule has 0 amide bonds. The van der Waals surface area contributed by atoms with Crippen LogP contribution in [0.5, 0.6) is 0 Å². The largest absolute Gasteiger partial charge is 0.393 e. The number of pyridine rings is 1. The van der Waals surface area contributed by atoms with Crippen LogP contribution in [-0.2, 0) is 0 Å². The van der Waals surface area contributed by atoms with Crippen LogP contribution in [0.3, 0.4) is 0 Å². The van der Waals surface area contributed by atoms with Crippen molar-refractivity contribution < 1.29 is 5.11 Å². The first-order valence-electron chi connectivity index (χ1n) is 5.70.